The molecular weight excluding hydrogens is 388 g/mol. The Morgan fingerprint density at radius 3 is 2.44 bits per heavy atom. The minimum atomic E-state index is -0.314. The Labute approximate surface area is 154 Å². The minimum absolute atomic E-state index is 0.314. The second-order valence-electron chi connectivity index (χ2n) is 4.89. The monoisotopic (exact) mass is 406 g/mol. The van der Waals surface area contributed by atoms with Crippen LogP contribution in [0.3, 0.4) is 0 Å². The summed E-state index contributed by atoms with van der Waals surface area (Å²) in [7, 11) is 3.13. The first-order valence-electron chi connectivity index (χ1n) is 7.56. The van der Waals surface area contributed by atoms with E-state index in [9.17, 15) is 4.79 Å². The normalized spacial score (nSPS) is 10.6. The van der Waals surface area contributed by atoms with Crippen molar-refractivity contribution in [2.75, 3.05) is 20.8 Å². The number of rotatable bonds is 7. The molecule has 1 amide bonds. The summed E-state index contributed by atoms with van der Waals surface area (Å²) in [5, 5.41) is 3.98. The number of hydrogen-bond donors (Lipinski definition) is 1. The van der Waals surface area contributed by atoms with E-state index in [1.165, 1.54) is 6.21 Å². The zero-order valence-electron chi connectivity index (χ0n) is 14.2. The minimum Gasteiger partial charge on any atom is -0.496 e. The van der Waals surface area contributed by atoms with Crippen molar-refractivity contribution < 1.29 is 19.0 Å². The van der Waals surface area contributed by atoms with Gasteiger partial charge in [-0.2, -0.15) is 5.10 Å². The van der Waals surface area contributed by atoms with Gasteiger partial charge in [0.1, 0.15) is 17.2 Å². The van der Waals surface area contributed by atoms with Crippen molar-refractivity contribution in [1.29, 1.82) is 0 Å². The Balaban J connectivity index is 2.07. The van der Waals surface area contributed by atoms with Crippen LogP contribution in [0.1, 0.15) is 22.8 Å². The van der Waals surface area contributed by atoms with Crippen LogP contribution in [0.4, 0.5) is 0 Å². The number of nitrogens with zero attached hydrogens (tertiary/aromatic N) is 1. The summed E-state index contributed by atoms with van der Waals surface area (Å²) in [4.78, 5) is 12.1. The molecule has 0 heterocycles. The van der Waals surface area contributed by atoms with E-state index in [2.05, 4.69) is 26.5 Å². The van der Waals surface area contributed by atoms with E-state index in [-0.39, 0.29) is 5.91 Å². The van der Waals surface area contributed by atoms with Gasteiger partial charge in [0.05, 0.1) is 31.5 Å². The quantitative estimate of drug-likeness (QED) is 0.562. The fourth-order valence-electron chi connectivity index (χ4n) is 2.08. The van der Waals surface area contributed by atoms with Crippen molar-refractivity contribution in [3.63, 3.8) is 0 Å². The number of carbonyl (C=O) groups excluding carboxylic acids is 1. The van der Waals surface area contributed by atoms with Gasteiger partial charge in [-0.1, -0.05) is 0 Å². The fourth-order valence-corrected chi connectivity index (χ4v) is 2.60. The maximum Gasteiger partial charge on any atom is 0.271 e. The van der Waals surface area contributed by atoms with Crippen molar-refractivity contribution in [3.8, 4) is 17.2 Å². The smallest absolute Gasteiger partial charge is 0.271 e. The highest BCUT2D eigenvalue weighted by Crippen LogP contribution is 2.31. The average molecular weight is 407 g/mol. The maximum absolute atomic E-state index is 12.1. The lowest BCUT2D eigenvalue weighted by molar-refractivity contribution is 0.0955. The van der Waals surface area contributed by atoms with E-state index in [0.29, 0.717) is 29.2 Å². The van der Waals surface area contributed by atoms with Crippen molar-refractivity contribution >= 4 is 28.1 Å². The van der Waals surface area contributed by atoms with Crippen LogP contribution >= 0.6 is 15.9 Å². The third-order valence-corrected chi connectivity index (χ3v) is 3.92. The Bertz CT molecular complexity index is 760. The number of amides is 1. The Morgan fingerprint density at radius 1 is 1.16 bits per heavy atom. The summed E-state index contributed by atoms with van der Waals surface area (Å²) in [6, 6.07) is 10.4. The lowest BCUT2D eigenvalue weighted by Gasteiger charge is -2.09. The average Bonchev–Trinajstić information content (AvgIpc) is 2.62. The highest BCUT2D eigenvalue weighted by atomic mass is 79.9. The Morgan fingerprint density at radius 2 is 1.84 bits per heavy atom. The van der Waals surface area contributed by atoms with Gasteiger partial charge < -0.3 is 14.2 Å². The van der Waals surface area contributed by atoms with Gasteiger partial charge in [0.25, 0.3) is 5.91 Å². The zero-order valence-corrected chi connectivity index (χ0v) is 15.8. The molecule has 0 aliphatic heterocycles. The van der Waals surface area contributed by atoms with Crippen LogP contribution in [0.5, 0.6) is 17.2 Å². The van der Waals surface area contributed by atoms with Gasteiger partial charge in [-0.05, 0) is 53.2 Å². The molecule has 132 valence electrons. The molecular formula is C18H19BrN2O4. The van der Waals surface area contributed by atoms with Gasteiger partial charge in [-0.15, -0.1) is 0 Å². The molecule has 0 bridgehead atoms. The number of ether oxygens (including phenoxy) is 3. The molecule has 0 spiro atoms. The van der Waals surface area contributed by atoms with Gasteiger partial charge in [0, 0.05) is 17.2 Å². The summed E-state index contributed by atoms with van der Waals surface area (Å²) in [5.74, 6) is 1.63. The number of halogens is 1. The number of benzene rings is 2. The van der Waals surface area contributed by atoms with Crippen molar-refractivity contribution in [2.45, 2.75) is 6.92 Å². The molecule has 25 heavy (non-hydrogen) atoms. The van der Waals surface area contributed by atoms with E-state index in [0.717, 1.165) is 10.2 Å². The lowest BCUT2D eigenvalue weighted by atomic mass is 10.2. The largest absolute Gasteiger partial charge is 0.496 e. The summed E-state index contributed by atoms with van der Waals surface area (Å²) in [6.45, 7) is 2.48. The molecule has 0 saturated heterocycles. The molecule has 0 saturated carbocycles. The van der Waals surface area contributed by atoms with Gasteiger partial charge in [-0.3, -0.25) is 4.79 Å². The highest BCUT2D eigenvalue weighted by molar-refractivity contribution is 9.10. The molecule has 0 atom stereocenters. The van der Waals surface area contributed by atoms with Gasteiger partial charge in [0.2, 0.25) is 0 Å². The number of hydrazone groups is 1. The second-order valence-corrected chi connectivity index (χ2v) is 5.74. The zero-order chi connectivity index (χ0) is 18.2. The van der Waals surface area contributed by atoms with E-state index >= 15 is 0 Å². The Hall–Kier alpha value is -2.54. The fraction of sp³-hybridized carbons (Fsp3) is 0.222. The number of carbonyl (C=O) groups is 1. The van der Waals surface area contributed by atoms with Gasteiger partial charge >= 0.3 is 0 Å². The summed E-state index contributed by atoms with van der Waals surface area (Å²) >= 11 is 3.41. The van der Waals surface area contributed by atoms with Crippen LogP contribution in [0, 0.1) is 0 Å². The third kappa shape index (κ3) is 4.96. The van der Waals surface area contributed by atoms with E-state index in [1.54, 1.807) is 50.6 Å². The molecule has 0 aliphatic carbocycles. The summed E-state index contributed by atoms with van der Waals surface area (Å²) < 4.78 is 16.6. The molecule has 1 N–H and O–H groups in total. The first kappa shape index (κ1) is 18.8. The molecule has 7 heteroatoms. The SMILES string of the molecule is CCOc1ccc(C(=O)N/N=C/c2cc(Br)c(OC)cc2OC)cc1. The van der Waals surface area contributed by atoms with Crippen LogP contribution in [0.2, 0.25) is 0 Å². The second kappa shape index (κ2) is 9.08. The third-order valence-electron chi connectivity index (χ3n) is 3.30. The van der Waals surface area contributed by atoms with E-state index in [4.69, 9.17) is 14.2 Å². The number of methoxy groups -OCH3 is 2. The van der Waals surface area contributed by atoms with Crippen molar-refractivity contribution in [3.05, 3.63) is 52.0 Å². The van der Waals surface area contributed by atoms with Gasteiger partial charge in [0.15, 0.2) is 0 Å². The summed E-state index contributed by atoms with van der Waals surface area (Å²) in [5.41, 5.74) is 3.67. The van der Waals surface area contributed by atoms with Crippen LogP contribution in [0.25, 0.3) is 0 Å². The number of hydrogen-bond acceptors (Lipinski definition) is 5. The predicted molar refractivity (Wildman–Crippen MR) is 99.9 cm³/mol. The van der Waals surface area contributed by atoms with Crippen LogP contribution in [0.15, 0.2) is 46.0 Å². The Kier molecular flexibility index (Phi) is 6.82. The molecule has 2 aromatic carbocycles. The van der Waals surface area contributed by atoms with Crippen LogP contribution in [-0.2, 0) is 0 Å². The highest BCUT2D eigenvalue weighted by Gasteiger charge is 2.09. The molecule has 0 aliphatic rings. The molecule has 0 radical (unpaired) electrons. The molecule has 0 unspecified atom stereocenters. The topological polar surface area (TPSA) is 69.2 Å². The first-order chi connectivity index (χ1) is 12.1. The van der Waals surface area contributed by atoms with Crippen LogP contribution < -0.4 is 19.6 Å². The van der Waals surface area contributed by atoms with Crippen molar-refractivity contribution in [2.24, 2.45) is 5.10 Å². The van der Waals surface area contributed by atoms with Crippen molar-refractivity contribution in [1.82, 2.24) is 5.43 Å². The lowest BCUT2D eigenvalue weighted by Crippen LogP contribution is -2.17. The molecule has 0 fully saturated rings. The molecule has 0 aromatic heterocycles. The van der Waals surface area contributed by atoms with Gasteiger partial charge in [-0.25, -0.2) is 5.43 Å². The number of nitrogens with one attached hydrogen (secondary N) is 1. The predicted octanol–water partition coefficient (Wildman–Crippen LogP) is 3.63. The van der Waals surface area contributed by atoms with E-state index in [1.807, 2.05) is 6.92 Å². The maximum atomic E-state index is 12.1. The summed E-state index contributed by atoms with van der Waals surface area (Å²) in [6.07, 6.45) is 1.51. The molecule has 6 nitrogen and oxygen atoms in total. The van der Waals surface area contributed by atoms with E-state index < -0.39 is 0 Å². The standard InChI is InChI=1S/C18H19BrN2O4/c1-4-25-14-7-5-12(6-8-14)18(22)21-20-11-13-9-15(19)17(24-3)10-16(13)23-2/h5-11H,4H2,1-3H3,(H,21,22)/b20-11+. The molecule has 2 rings (SSSR count). The molecule has 2 aromatic rings. The van der Waals surface area contributed by atoms with Crippen LogP contribution in [-0.4, -0.2) is 32.9 Å². The first-order valence-corrected chi connectivity index (χ1v) is 8.36.